The minimum atomic E-state index is 0.780. The highest BCUT2D eigenvalue weighted by Crippen LogP contribution is 2.24. The molecule has 2 rings (SSSR count). The van der Waals surface area contributed by atoms with E-state index in [-0.39, 0.29) is 0 Å². The molecule has 0 bridgehead atoms. The summed E-state index contributed by atoms with van der Waals surface area (Å²) < 4.78 is 7.33. The molecule has 0 amide bonds. The molecule has 0 atom stereocenters. The van der Waals surface area contributed by atoms with Crippen LogP contribution in [0, 0.1) is 6.92 Å². The molecule has 0 aliphatic heterocycles. The van der Waals surface area contributed by atoms with Crippen molar-refractivity contribution in [2.75, 3.05) is 6.26 Å². The summed E-state index contributed by atoms with van der Waals surface area (Å²) in [5, 5.41) is 9.32. The third kappa shape index (κ3) is 2.36. The van der Waals surface area contributed by atoms with Crippen LogP contribution in [0.4, 0.5) is 0 Å². The van der Waals surface area contributed by atoms with Crippen LogP contribution in [-0.2, 0) is 6.54 Å². The average molecular weight is 252 g/mol. The van der Waals surface area contributed by atoms with Gasteiger partial charge in [-0.1, -0.05) is 25.1 Å². The molecule has 17 heavy (non-hydrogen) atoms. The van der Waals surface area contributed by atoms with E-state index < -0.39 is 0 Å². The van der Waals surface area contributed by atoms with Crippen molar-refractivity contribution in [3.8, 4) is 11.5 Å². The molecule has 0 fully saturated rings. The van der Waals surface area contributed by atoms with Crippen LogP contribution in [0.25, 0.3) is 11.5 Å². The third-order valence-corrected chi connectivity index (χ3v) is 3.26. The van der Waals surface area contributed by atoms with Gasteiger partial charge in [0.2, 0.25) is 0 Å². The minimum Gasteiger partial charge on any atom is -0.448 e. The van der Waals surface area contributed by atoms with Crippen LogP contribution >= 0.6 is 11.8 Å². The summed E-state index contributed by atoms with van der Waals surface area (Å²) in [6.07, 6.45) is 5.70. The van der Waals surface area contributed by atoms with Crippen molar-refractivity contribution in [2.24, 2.45) is 0 Å². The molecule has 0 saturated heterocycles. The summed E-state index contributed by atoms with van der Waals surface area (Å²) in [6, 6.07) is 0. The van der Waals surface area contributed by atoms with Crippen molar-refractivity contribution in [1.82, 2.24) is 19.7 Å². The molecule has 2 aromatic heterocycles. The normalized spacial score (nSPS) is 11.0. The lowest BCUT2D eigenvalue weighted by Crippen LogP contribution is -2.03. The Balaban J connectivity index is 2.40. The van der Waals surface area contributed by atoms with Gasteiger partial charge in [-0.05, 0) is 19.6 Å². The van der Waals surface area contributed by atoms with E-state index >= 15 is 0 Å². The van der Waals surface area contributed by atoms with E-state index in [1.54, 1.807) is 11.8 Å². The maximum atomic E-state index is 5.22. The maximum Gasteiger partial charge on any atom is 0.191 e. The van der Waals surface area contributed by atoms with Crippen LogP contribution in [-0.4, -0.2) is 26.0 Å². The topological polar surface area (TPSA) is 56.7 Å². The van der Waals surface area contributed by atoms with E-state index in [1.165, 1.54) is 6.39 Å². The molecular formula is C11H16N4OS. The fourth-order valence-electron chi connectivity index (χ4n) is 1.65. The quantitative estimate of drug-likeness (QED) is 0.766. The molecule has 0 saturated carbocycles. The molecule has 0 N–H and O–H groups in total. The Morgan fingerprint density at radius 1 is 1.41 bits per heavy atom. The van der Waals surface area contributed by atoms with Gasteiger partial charge in [0, 0.05) is 6.54 Å². The van der Waals surface area contributed by atoms with Gasteiger partial charge in [-0.15, -0.1) is 10.2 Å². The minimum absolute atomic E-state index is 0.780. The van der Waals surface area contributed by atoms with E-state index in [0.717, 1.165) is 41.8 Å². The van der Waals surface area contributed by atoms with E-state index in [2.05, 4.69) is 26.7 Å². The van der Waals surface area contributed by atoms with Gasteiger partial charge < -0.3 is 8.98 Å². The molecular weight excluding hydrogens is 236 g/mol. The summed E-state index contributed by atoms with van der Waals surface area (Å²) in [4.78, 5) is 4.20. The van der Waals surface area contributed by atoms with Crippen molar-refractivity contribution in [2.45, 2.75) is 38.4 Å². The number of hydrogen-bond donors (Lipinski definition) is 0. The molecule has 6 heteroatoms. The van der Waals surface area contributed by atoms with Crippen molar-refractivity contribution in [1.29, 1.82) is 0 Å². The zero-order valence-electron chi connectivity index (χ0n) is 10.3. The molecule has 92 valence electrons. The summed E-state index contributed by atoms with van der Waals surface area (Å²) in [5.41, 5.74) is 0.786. The molecule has 2 aromatic rings. The van der Waals surface area contributed by atoms with E-state index in [9.17, 15) is 0 Å². The Kier molecular flexibility index (Phi) is 3.83. The average Bonchev–Trinajstić information content (AvgIpc) is 2.91. The van der Waals surface area contributed by atoms with Gasteiger partial charge in [-0.3, -0.25) is 0 Å². The van der Waals surface area contributed by atoms with Gasteiger partial charge in [0.15, 0.2) is 17.4 Å². The first kappa shape index (κ1) is 12.2. The molecule has 2 heterocycles. The van der Waals surface area contributed by atoms with Crippen LogP contribution in [0.15, 0.2) is 16.0 Å². The number of aryl methyl sites for hydroxylation is 1. The smallest absolute Gasteiger partial charge is 0.191 e. The predicted molar refractivity (Wildman–Crippen MR) is 66.9 cm³/mol. The lowest BCUT2D eigenvalue weighted by Gasteiger charge is -2.06. The van der Waals surface area contributed by atoms with Crippen LogP contribution in [0.1, 0.15) is 25.5 Å². The lowest BCUT2D eigenvalue weighted by molar-refractivity contribution is 0.526. The Morgan fingerprint density at radius 2 is 2.24 bits per heavy atom. The summed E-state index contributed by atoms with van der Waals surface area (Å²) in [7, 11) is 0. The summed E-state index contributed by atoms with van der Waals surface area (Å²) in [5.74, 6) is 1.58. The standard InChI is InChI=1S/C11H16N4OS/c1-4-5-6-15-10(13-14-11(15)17-3)9-8(2)16-7-12-9/h7H,4-6H2,1-3H3. The van der Waals surface area contributed by atoms with Gasteiger partial charge in [0.25, 0.3) is 0 Å². The molecule has 5 nitrogen and oxygen atoms in total. The molecule has 0 aliphatic rings. The molecule has 0 radical (unpaired) electrons. The summed E-state index contributed by atoms with van der Waals surface area (Å²) >= 11 is 1.60. The number of thioether (sulfide) groups is 1. The Hall–Kier alpha value is -1.30. The van der Waals surface area contributed by atoms with E-state index in [1.807, 2.05) is 13.2 Å². The van der Waals surface area contributed by atoms with Gasteiger partial charge in [-0.2, -0.15) is 0 Å². The molecule has 0 aliphatic carbocycles. The molecule has 0 spiro atoms. The van der Waals surface area contributed by atoms with Gasteiger partial charge in [0.05, 0.1) is 0 Å². The highest BCUT2D eigenvalue weighted by atomic mass is 32.2. The summed E-state index contributed by atoms with van der Waals surface area (Å²) in [6.45, 7) is 4.98. The first-order valence-electron chi connectivity index (χ1n) is 5.65. The predicted octanol–water partition coefficient (Wildman–Crippen LogP) is 2.76. The zero-order chi connectivity index (χ0) is 12.3. The lowest BCUT2D eigenvalue weighted by atomic mass is 10.3. The number of oxazole rings is 1. The largest absolute Gasteiger partial charge is 0.448 e. The first-order valence-corrected chi connectivity index (χ1v) is 6.88. The molecule has 0 aromatic carbocycles. The fraction of sp³-hybridized carbons (Fsp3) is 0.545. The van der Waals surface area contributed by atoms with Gasteiger partial charge >= 0.3 is 0 Å². The van der Waals surface area contributed by atoms with Crippen molar-refractivity contribution in [3.05, 3.63) is 12.2 Å². The maximum absolute atomic E-state index is 5.22. The van der Waals surface area contributed by atoms with Crippen LogP contribution in [0.2, 0.25) is 0 Å². The van der Waals surface area contributed by atoms with Crippen molar-refractivity contribution < 1.29 is 4.42 Å². The number of hydrogen-bond acceptors (Lipinski definition) is 5. The van der Waals surface area contributed by atoms with E-state index in [4.69, 9.17) is 4.42 Å². The van der Waals surface area contributed by atoms with Crippen LogP contribution in [0.3, 0.4) is 0 Å². The highest BCUT2D eigenvalue weighted by molar-refractivity contribution is 7.98. The van der Waals surface area contributed by atoms with Gasteiger partial charge in [0.1, 0.15) is 11.5 Å². The SMILES string of the molecule is CCCCn1c(SC)nnc1-c1ncoc1C. The molecule has 0 unspecified atom stereocenters. The first-order chi connectivity index (χ1) is 8.27. The highest BCUT2D eigenvalue weighted by Gasteiger charge is 2.17. The monoisotopic (exact) mass is 252 g/mol. The number of aromatic nitrogens is 4. The van der Waals surface area contributed by atoms with Crippen molar-refractivity contribution >= 4 is 11.8 Å². The zero-order valence-corrected chi connectivity index (χ0v) is 11.1. The van der Waals surface area contributed by atoms with Crippen LogP contribution < -0.4 is 0 Å². The second-order valence-corrected chi connectivity index (χ2v) is 4.55. The van der Waals surface area contributed by atoms with Crippen LogP contribution in [0.5, 0.6) is 0 Å². The second kappa shape index (κ2) is 5.35. The number of rotatable bonds is 5. The second-order valence-electron chi connectivity index (χ2n) is 3.77. The Morgan fingerprint density at radius 3 is 2.82 bits per heavy atom. The fourth-order valence-corrected chi connectivity index (χ4v) is 2.17. The van der Waals surface area contributed by atoms with Crippen molar-refractivity contribution in [3.63, 3.8) is 0 Å². The Bertz CT molecular complexity index is 491. The number of unbranched alkanes of at least 4 members (excludes halogenated alkanes) is 1. The van der Waals surface area contributed by atoms with Gasteiger partial charge in [-0.25, -0.2) is 4.98 Å². The van der Waals surface area contributed by atoms with E-state index in [0.29, 0.717) is 0 Å². The third-order valence-electron chi connectivity index (χ3n) is 2.59. The Labute approximate surface area is 105 Å². The number of nitrogens with zero attached hydrogens (tertiary/aromatic N) is 4.